The lowest BCUT2D eigenvalue weighted by Crippen LogP contribution is -2.05. The number of hydrogen-bond acceptors (Lipinski definition) is 7. The van der Waals surface area contributed by atoms with E-state index in [-0.39, 0.29) is 5.91 Å². The summed E-state index contributed by atoms with van der Waals surface area (Å²) >= 11 is 5.01. The van der Waals surface area contributed by atoms with E-state index in [0.717, 1.165) is 33.5 Å². The molecule has 1 aliphatic rings. The number of thiophene rings is 1. The molecule has 0 unspecified atom stereocenters. The molecular formula is C17H18N4OS3. The summed E-state index contributed by atoms with van der Waals surface area (Å²) in [7, 11) is 0. The van der Waals surface area contributed by atoms with Gasteiger partial charge in [-0.15, -0.1) is 22.7 Å². The molecule has 0 radical (unpaired) electrons. The number of rotatable bonds is 4. The lowest BCUT2D eigenvalue weighted by Gasteiger charge is -2.11. The number of thioether (sulfide) groups is 1. The van der Waals surface area contributed by atoms with Crippen LogP contribution in [0.5, 0.6) is 0 Å². The zero-order valence-electron chi connectivity index (χ0n) is 14.1. The Morgan fingerprint density at radius 2 is 2.12 bits per heavy atom. The van der Waals surface area contributed by atoms with Crippen molar-refractivity contribution in [2.24, 2.45) is 0 Å². The number of anilines is 1. The monoisotopic (exact) mass is 390 g/mol. The van der Waals surface area contributed by atoms with Gasteiger partial charge < -0.3 is 5.32 Å². The molecule has 0 spiro atoms. The second-order valence-corrected chi connectivity index (χ2v) is 8.99. The summed E-state index contributed by atoms with van der Waals surface area (Å²) in [4.78, 5) is 27.6. The van der Waals surface area contributed by atoms with Crippen molar-refractivity contribution in [2.45, 2.75) is 50.3 Å². The van der Waals surface area contributed by atoms with Crippen molar-refractivity contribution in [3.05, 3.63) is 27.3 Å². The van der Waals surface area contributed by atoms with Gasteiger partial charge in [0.05, 0.1) is 5.69 Å². The molecule has 1 amide bonds. The smallest absolute Gasteiger partial charge is 0.223 e. The molecule has 0 aliphatic heterocycles. The van der Waals surface area contributed by atoms with Gasteiger partial charge in [-0.2, -0.15) is 0 Å². The highest BCUT2D eigenvalue weighted by Crippen LogP contribution is 2.40. The van der Waals surface area contributed by atoms with Crippen LogP contribution in [0.3, 0.4) is 0 Å². The largest absolute Gasteiger partial charge is 0.302 e. The molecule has 0 saturated heterocycles. The number of aromatic nitrogens is 3. The van der Waals surface area contributed by atoms with E-state index >= 15 is 0 Å². The van der Waals surface area contributed by atoms with Gasteiger partial charge in [0, 0.05) is 28.3 Å². The molecule has 4 rings (SSSR count). The van der Waals surface area contributed by atoms with E-state index in [1.807, 2.05) is 23.6 Å². The van der Waals surface area contributed by atoms with E-state index in [9.17, 15) is 4.79 Å². The van der Waals surface area contributed by atoms with Gasteiger partial charge in [0.15, 0.2) is 5.13 Å². The van der Waals surface area contributed by atoms with Gasteiger partial charge in [0.25, 0.3) is 0 Å². The van der Waals surface area contributed by atoms with Gasteiger partial charge >= 0.3 is 0 Å². The van der Waals surface area contributed by atoms with Crippen molar-refractivity contribution in [1.82, 2.24) is 15.0 Å². The van der Waals surface area contributed by atoms with Gasteiger partial charge in [-0.25, -0.2) is 15.0 Å². The van der Waals surface area contributed by atoms with E-state index in [0.29, 0.717) is 5.13 Å². The van der Waals surface area contributed by atoms with Crippen LogP contribution in [0.2, 0.25) is 0 Å². The zero-order chi connectivity index (χ0) is 17.4. The molecular weight excluding hydrogens is 372 g/mol. The number of thiazole rings is 1. The molecule has 0 aromatic carbocycles. The molecule has 1 aliphatic carbocycles. The molecule has 3 aromatic rings. The second kappa shape index (κ2) is 7.01. The van der Waals surface area contributed by atoms with E-state index in [4.69, 9.17) is 4.98 Å². The number of nitrogens with one attached hydrogen (secondary N) is 1. The third kappa shape index (κ3) is 3.56. The van der Waals surface area contributed by atoms with E-state index in [1.165, 1.54) is 53.3 Å². The fraction of sp³-hybridized carbons (Fsp3) is 0.412. The highest BCUT2D eigenvalue weighted by molar-refractivity contribution is 7.98. The molecule has 1 N–H and O–H groups in total. The summed E-state index contributed by atoms with van der Waals surface area (Å²) in [6.07, 6.45) is 4.84. The summed E-state index contributed by atoms with van der Waals surface area (Å²) < 4.78 is 0. The van der Waals surface area contributed by atoms with E-state index in [1.54, 1.807) is 11.8 Å². The first-order valence-corrected chi connectivity index (χ1v) is 10.9. The summed E-state index contributed by atoms with van der Waals surface area (Å²) in [5.74, 6) is 1.48. The van der Waals surface area contributed by atoms with Crippen LogP contribution in [0, 0.1) is 6.92 Å². The van der Waals surface area contributed by atoms with E-state index < -0.39 is 0 Å². The molecule has 3 heterocycles. The van der Waals surface area contributed by atoms with Crippen molar-refractivity contribution < 1.29 is 4.79 Å². The Balaban J connectivity index is 1.61. The molecule has 0 fully saturated rings. The minimum Gasteiger partial charge on any atom is -0.302 e. The van der Waals surface area contributed by atoms with Crippen LogP contribution < -0.4 is 5.32 Å². The normalized spacial score (nSPS) is 13.8. The number of carbonyl (C=O) groups excluding carboxylic acids is 1. The number of amides is 1. The Hall–Kier alpha value is -1.51. The Morgan fingerprint density at radius 1 is 1.28 bits per heavy atom. The fourth-order valence-corrected chi connectivity index (χ4v) is 6.28. The van der Waals surface area contributed by atoms with Crippen molar-refractivity contribution in [3.63, 3.8) is 0 Å². The quantitative estimate of drug-likeness (QED) is 0.521. The summed E-state index contributed by atoms with van der Waals surface area (Å²) in [6, 6.07) is 0. The third-order valence-corrected chi connectivity index (χ3v) is 7.09. The molecule has 0 atom stereocenters. The average molecular weight is 391 g/mol. The molecule has 3 aromatic heterocycles. The van der Waals surface area contributed by atoms with Gasteiger partial charge in [0.1, 0.15) is 15.7 Å². The maximum Gasteiger partial charge on any atom is 0.223 e. The average Bonchev–Trinajstić information content (AvgIpc) is 3.15. The van der Waals surface area contributed by atoms with Crippen molar-refractivity contribution >= 4 is 55.7 Å². The van der Waals surface area contributed by atoms with E-state index in [2.05, 4.69) is 15.3 Å². The highest BCUT2D eigenvalue weighted by Gasteiger charge is 2.21. The Kier molecular flexibility index (Phi) is 4.75. The maximum atomic E-state index is 11.1. The van der Waals surface area contributed by atoms with Crippen LogP contribution in [0.1, 0.15) is 41.7 Å². The van der Waals surface area contributed by atoms with Crippen molar-refractivity contribution in [2.75, 3.05) is 5.32 Å². The predicted molar refractivity (Wildman–Crippen MR) is 105 cm³/mol. The number of fused-ring (bicyclic) bond motifs is 3. The lowest BCUT2D eigenvalue weighted by molar-refractivity contribution is -0.114. The molecule has 0 bridgehead atoms. The minimum atomic E-state index is -0.0911. The standard InChI is InChI=1S/C17H18N4OS3/c1-9-18-15(23-7-11-8-24-17(21-11)20-10(2)22)14-12-5-3-4-6-13(12)25-16(14)19-9/h8H,3-7H2,1-2H3,(H,20,21,22). The molecule has 8 heteroatoms. The first-order chi connectivity index (χ1) is 12.1. The van der Waals surface area contributed by atoms with Crippen LogP contribution in [0.4, 0.5) is 5.13 Å². The molecule has 130 valence electrons. The fourth-order valence-electron chi connectivity index (χ4n) is 3.05. The van der Waals surface area contributed by atoms with Gasteiger partial charge in [-0.3, -0.25) is 4.79 Å². The first-order valence-electron chi connectivity index (χ1n) is 8.24. The van der Waals surface area contributed by atoms with Crippen LogP contribution in [0.15, 0.2) is 10.4 Å². The highest BCUT2D eigenvalue weighted by atomic mass is 32.2. The van der Waals surface area contributed by atoms with Crippen LogP contribution in [0.25, 0.3) is 10.2 Å². The number of nitrogens with zero attached hydrogens (tertiary/aromatic N) is 3. The third-order valence-electron chi connectivity index (χ3n) is 4.08. The van der Waals surface area contributed by atoms with Crippen LogP contribution >= 0.6 is 34.4 Å². The summed E-state index contributed by atoms with van der Waals surface area (Å²) in [6.45, 7) is 3.45. The Bertz CT molecular complexity index is 947. The maximum absolute atomic E-state index is 11.1. The number of hydrogen-bond donors (Lipinski definition) is 1. The SMILES string of the molecule is CC(=O)Nc1nc(CSc2nc(C)nc3sc4c(c23)CCCC4)cs1. The lowest BCUT2D eigenvalue weighted by atomic mass is 9.97. The minimum absolute atomic E-state index is 0.0911. The summed E-state index contributed by atoms with van der Waals surface area (Å²) in [5.41, 5.74) is 2.43. The predicted octanol–water partition coefficient (Wildman–Crippen LogP) is 4.59. The van der Waals surface area contributed by atoms with Gasteiger partial charge in [-0.1, -0.05) is 11.8 Å². The Morgan fingerprint density at radius 3 is 2.96 bits per heavy atom. The van der Waals surface area contributed by atoms with Gasteiger partial charge in [0.2, 0.25) is 5.91 Å². The first kappa shape index (κ1) is 16.9. The van der Waals surface area contributed by atoms with Crippen LogP contribution in [-0.4, -0.2) is 20.9 Å². The Labute approximate surface area is 158 Å². The topological polar surface area (TPSA) is 67.8 Å². The zero-order valence-corrected chi connectivity index (χ0v) is 16.5. The second-order valence-electron chi connectivity index (χ2n) is 6.08. The number of aryl methyl sites for hydroxylation is 3. The summed E-state index contributed by atoms with van der Waals surface area (Å²) in [5, 5.41) is 7.70. The molecule has 25 heavy (non-hydrogen) atoms. The molecule has 0 saturated carbocycles. The molecule has 5 nitrogen and oxygen atoms in total. The number of carbonyl (C=O) groups is 1. The van der Waals surface area contributed by atoms with Crippen molar-refractivity contribution in [3.8, 4) is 0 Å². The van der Waals surface area contributed by atoms with Crippen molar-refractivity contribution in [1.29, 1.82) is 0 Å². The van der Waals surface area contributed by atoms with Gasteiger partial charge in [-0.05, 0) is 38.2 Å². The van der Waals surface area contributed by atoms with Crippen LogP contribution in [-0.2, 0) is 23.4 Å².